The summed E-state index contributed by atoms with van der Waals surface area (Å²) in [5, 5.41) is 0.598. The van der Waals surface area contributed by atoms with E-state index in [1.807, 2.05) is 59.3 Å². The Morgan fingerprint density at radius 2 is 1.78 bits per heavy atom. The molecule has 4 rings (SSSR count). The average Bonchev–Trinajstić information content (AvgIpc) is 3.09. The van der Waals surface area contributed by atoms with Gasteiger partial charge in [0.2, 0.25) is 5.43 Å². The smallest absolute Gasteiger partial charge is 0.200 e. The van der Waals surface area contributed by atoms with E-state index in [1.165, 1.54) is 0 Å². The summed E-state index contributed by atoms with van der Waals surface area (Å²) in [6, 6.07) is 17.0. The van der Waals surface area contributed by atoms with Gasteiger partial charge in [0.25, 0.3) is 0 Å². The van der Waals surface area contributed by atoms with Crippen molar-refractivity contribution in [3.8, 4) is 11.1 Å². The number of rotatable bonds is 3. The molecule has 0 aliphatic carbocycles. The first-order valence-corrected chi connectivity index (χ1v) is 7.39. The summed E-state index contributed by atoms with van der Waals surface area (Å²) in [6.07, 6.45) is 5.27. The van der Waals surface area contributed by atoms with E-state index >= 15 is 0 Å². The van der Waals surface area contributed by atoms with Crippen molar-refractivity contribution in [3.05, 3.63) is 89.3 Å². The lowest BCUT2D eigenvalue weighted by molar-refractivity contribution is 0.518. The Labute approximate surface area is 132 Å². The van der Waals surface area contributed by atoms with Gasteiger partial charge in [-0.05, 0) is 17.7 Å². The van der Waals surface area contributed by atoms with Gasteiger partial charge >= 0.3 is 0 Å². The molecule has 0 fully saturated rings. The number of hydrogen-bond donors (Lipinski definition) is 0. The van der Waals surface area contributed by atoms with Crippen LogP contribution in [0.5, 0.6) is 0 Å². The van der Waals surface area contributed by atoms with E-state index in [4.69, 9.17) is 4.42 Å². The Morgan fingerprint density at radius 3 is 2.57 bits per heavy atom. The molecule has 0 unspecified atom stereocenters. The number of imidazole rings is 1. The Balaban J connectivity index is 2.00. The summed E-state index contributed by atoms with van der Waals surface area (Å²) in [6.45, 7) is 0.463. The summed E-state index contributed by atoms with van der Waals surface area (Å²) >= 11 is 0. The van der Waals surface area contributed by atoms with Crippen molar-refractivity contribution in [3.63, 3.8) is 0 Å². The van der Waals surface area contributed by atoms with E-state index in [0.717, 1.165) is 5.56 Å². The maximum atomic E-state index is 13.0. The number of hydrogen-bond acceptors (Lipinski definition) is 3. The normalized spacial score (nSPS) is 11.0. The third-order valence-corrected chi connectivity index (χ3v) is 3.82. The van der Waals surface area contributed by atoms with E-state index in [-0.39, 0.29) is 5.43 Å². The van der Waals surface area contributed by atoms with Gasteiger partial charge in [-0.3, -0.25) is 4.79 Å². The SMILES string of the molecule is O=c1c(-c2ccccc2)c(Cn2ccnc2)oc2ccccc12. The molecule has 112 valence electrons. The molecule has 0 saturated heterocycles. The zero-order chi connectivity index (χ0) is 15.6. The Morgan fingerprint density at radius 1 is 1.00 bits per heavy atom. The maximum Gasteiger partial charge on any atom is 0.200 e. The molecule has 0 aliphatic heterocycles. The van der Waals surface area contributed by atoms with E-state index in [9.17, 15) is 4.79 Å². The van der Waals surface area contributed by atoms with Gasteiger partial charge in [-0.15, -0.1) is 0 Å². The number of aromatic nitrogens is 2. The molecule has 0 atom stereocenters. The van der Waals surface area contributed by atoms with Crippen molar-refractivity contribution in [2.45, 2.75) is 6.54 Å². The second-order valence-corrected chi connectivity index (χ2v) is 5.33. The Bertz CT molecular complexity index is 1000. The third-order valence-electron chi connectivity index (χ3n) is 3.82. The Kier molecular flexibility index (Phi) is 3.27. The van der Waals surface area contributed by atoms with Crippen LogP contribution < -0.4 is 5.43 Å². The molecule has 2 aromatic carbocycles. The zero-order valence-corrected chi connectivity index (χ0v) is 12.3. The topological polar surface area (TPSA) is 48.0 Å². The lowest BCUT2D eigenvalue weighted by Gasteiger charge is -2.10. The van der Waals surface area contributed by atoms with Gasteiger partial charge in [0.15, 0.2) is 0 Å². The largest absolute Gasteiger partial charge is 0.458 e. The molecule has 4 aromatic rings. The molecular weight excluding hydrogens is 288 g/mol. The second kappa shape index (κ2) is 5.57. The minimum Gasteiger partial charge on any atom is -0.458 e. The van der Waals surface area contributed by atoms with E-state index < -0.39 is 0 Å². The first-order chi connectivity index (χ1) is 11.3. The monoisotopic (exact) mass is 302 g/mol. The van der Waals surface area contributed by atoms with Gasteiger partial charge < -0.3 is 8.98 Å². The number of fused-ring (bicyclic) bond motifs is 1. The average molecular weight is 302 g/mol. The highest BCUT2D eigenvalue weighted by molar-refractivity contribution is 5.82. The highest BCUT2D eigenvalue weighted by atomic mass is 16.3. The van der Waals surface area contributed by atoms with Crippen LogP contribution in [0, 0.1) is 0 Å². The van der Waals surface area contributed by atoms with Gasteiger partial charge in [-0.25, -0.2) is 4.98 Å². The molecule has 2 aromatic heterocycles. The molecule has 0 radical (unpaired) electrons. The van der Waals surface area contributed by atoms with Crippen molar-refractivity contribution in [2.24, 2.45) is 0 Å². The molecule has 23 heavy (non-hydrogen) atoms. The molecular formula is C19H14N2O2. The fourth-order valence-corrected chi connectivity index (χ4v) is 2.74. The predicted molar refractivity (Wildman–Crippen MR) is 89.2 cm³/mol. The fourth-order valence-electron chi connectivity index (χ4n) is 2.74. The van der Waals surface area contributed by atoms with Crippen LogP contribution in [0.1, 0.15) is 5.76 Å². The van der Waals surface area contributed by atoms with Crippen molar-refractivity contribution >= 4 is 11.0 Å². The molecule has 4 heteroatoms. The van der Waals surface area contributed by atoms with Crippen LogP contribution in [0.3, 0.4) is 0 Å². The first kappa shape index (κ1) is 13.5. The highest BCUT2D eigenvalue weighted by Gasteiger charge is 2.16. The summed E-state index contributed by atoms with van der Waals surface area (Å²) in [5.74, 6) is 0.637. The lowest BCUT2D eigenvalue weighted by atomic mass is 10.0. The van der Waals surface area contributed by atoms with Crippen LogP contribution in [0.15, 0.2) is 82.5 Å². The second-order valence-electron chi connectivity index (χ2n) is 5.33. The standard InChI is InChI=1S/C19H14N2O2/c22-19-15-8-4-5-9-16(15)23-17(12-21-11-10-20-13-21)18(19)14-6-2-1-3-7-14/h1-11,13H,12H2. The molecule has 0 spiro atoms. The van der Waals surface area contributed by atoms with Crippen molar-refractivity contribution in [1.29, 1.82) is 0 Å². The third kappa shape index (κ3) is 2.44. The van der Waals surface area contributed by atoms with Gasteiger partial charge in [-0.2, -0.15) is 0 Å². The quantitative estimate of drug-likeness (QED) is 0.579. The highest BCUT2D eigenvalue weighted by Crippen LogP contribution is 2.25. The summed E-state index contributed by atoms with van der Waals surface area (Å²) in [5.41, 5.74) is 2.07. The van der Waals surface area contributed by atoms with Crippen LogP contribution in [-0.4, -0.2) is 9.55 Å². The Hall–Kier alpha value is -3.14. The molecule has 0 saturated carbocycles. The van der Waals surface area contributed by atoms with Crippen LogP contribution in [-0.2, 0) is 6.54 Å². The summed E-state index contributed by atoms with van der Waals surface area (Å²) < 4.78 is 7.94. The molecule has 0 amide bonds. The summed E-state index contributed by atoms with van der Waals surface area (Å²) in [7, 11) is 0. The minimum absolute atomic E-state index is 0.00633. The molecule has 0 bridgehead atoms. The lowest BCUT2D eigenvalue weighted by Crippen LogP contribution is -2.11. The van der Waals surface area contributed by atoms with Crippen LogP contribution >= 0.6 is 0 Å². The minimum atomic E-state index is -0.00633. The van der Waals surface area contributed by atoms with Gasteiger partial charge in [0, 0.05) is 12.4 Å². The van der Waals surface area contributed by atoms with Crippen molar-refractivity contribution < 1.29 is 4.42 Å². The van der Waals surface area contributed by atoms with E-state index in [0.29, 0.717) is 28.8 Å². The van der Waals surface area contributed by atoms with Gasteiger partial charge in [0.05, 0.1) is 23.8 Å². The van der Waals surface area contributed by atoms with Gasteiger partial charge in [0.1, 0.15) is 11.3 Å². The summed E-state index contributed by atoms with van der Waals surface area (Å²) in [4.78, 5) is 17.0. The first-order valence-electron chi connectivity index (χ1n) is 7.39. The van der Waals surface area contributed by atoms with Crippen LogP contribution in [0.2, 0.25) is 0 Å². The number of nitrogens with zero attached hydrogens (tertiary/aromatic N) is 2. The fraction of sp³-hybridized carbons (Fsp3) is 0.0526. The maximum absolute atomic E-state index is 13.0. The van der Waals surface area contributed by atoms with Crippen molar-refractivity contribution in [2.75, 3.05) is 0 Å². The molecule has 2 heterocycles. The molecule has 0 N–H and O–H groups in total. The van der Waals surface area contributed by atoms with Crippen LogP contribution in [0.25, 0.3) is 22.1 Å². The van der Waals surface area contributed by atoms with Crippen molar-refractivity contribution in [1.82, 2.24) is 9.55 Å². The molecule has 4 nitrogen and oxygen atoms in total. The number of benzene rings is 2. The zero-order valence-electron chi connectivity index (χ0n) is 12.3. The molecule has 0 aliphatic rings. The van der Waals surface area contributed by atoms with Crippen LogP contribution in [0.4, 0.5) is 0 Å². The van der Waals surface area contributed by atoms with E-state index in [2.05, 4.69) is 4.98 Å². The van der Waals surface area contributed by atoms with E-state index in [1.54, 1.807) is 18.6 Å². The van der Waals surface area contributed by atoms with Gasteiger partial charge in [-0.1, -0.05) is 42.5 Å². The predicted octanol–water partition coefficient (Wildman–Crippen LogP) is 3.70. The number of para-hydroxylation sites is 1.